The van der Waals surface area contributed by atoms with Crippen LogP contribution in [0.5, 0.6) is 0 Å². The molecule has 0 heterocycles. The molecule has 0 aliphatic heterocycles. The Morgan fingerprint density at radius 3 is 2.00 bits per heavy atom. The molecule has 12 heavy (non-hydrogen) atoms. The maximum atomic E-state index is 9.68. The normalized spacial score (nSPS) is 15.2. The van der Waals surface area contributed by atoms with Crippen LogP contribution in [0.1, 0.15) is 34.6 Å². The van der Waals surface area contributed by atoms with E-state index in [2.05, 4.69) is 34.6 Å². The third kappa shape index (κ3) is 5.90. The molecule has 1 N–H and O–H groups in total. The van der Waals surface area contributed by atoms with E-state index < -0.39 is 0 Å². The largest absolute Gasteiger partial charge is 0.392 e. The molecule has 0 radical (unpaired) electrons. The Labute approximate surface area is 80.9 Å². The molecule has 0 aromatic heterocycles. The Hall–Kier alpha value is 0.310. The van der Waals surface area contributed by atoms with Gasteiger partial charge in [0.05, 0.1) is 6.10 Å². The predicted molar refractivity (Wildman–Crippen MR) is 57.6 cm³/mol. The summed E-state index contributed by atoms with van der Waals surface area (Å²) in [6, 6.07) is 0. The van der Waals surface area contributed by atoms with Gasteiger partial charge in [0.15, 0.2) is 0 Å². The third-order valence-corrected chi connectivity index (χ3v) is 3.18. The minimum Gasteiger partial charge on any atom is -0.392 e. The van der Waals surface area contributed by atoms with E-state index in [-0.39, 0.29) is 11.5 Å². The van der Waals surface area contributed by atoms with Gasteiger partial charge in [0.1, 0.15) is 0 Å². The summed E-state index contributed by atoms with van der Waals surface area (Å²) in [4.78, 5) is 0. The molecule has 0 aromatic rings. The van der Waals surface area contributed by atoms with E-state index in [0.29, 0.717) is 0 Å². The smallest absolute Gasteiger partial charge is 0.0678 e. The van der Waals surface area contributed by atoms with Crippen molar-refractivity contribution in [3.8, 4) is 0 Å². The van der Waals surface area contributed by atoms with Crippen LogP contribution in [0.25, 0.3) is 0 Å². The summed E-state index contributed by atoms with van der Waals surface area (Å²) in [6.07, 6.45) is -0.179. The maximum absolute atomic E-state index is 9.68. The van der Waals surface area contributed by atoms with Crippen LogP contribution in [0.15, 0.2) is 0 Å². The molecule has 0 aliphatic carbocycles. The minimum absolute atomic E-state index is 0.0317. The summed E-state index contributed by atoms with van der Waals surface area (Å²) in [5.74, 6) is 2.73. The highest BCUT2D eigenvalue weighted by Gasteiger charge is 2.21. The molecule has 0 rings (SSSR count). The Morgan fingerprint density at radius 2 is 1.67 bits per heavy atom. The van der Waals surface area contributed by atoms with Crippen LogP contribution >= 0.6 is 11.8 Å². The highest BCUT2D eigenvalue weighted by molar-refractivity contribution is 7.99. The Kier molecular flexibility index (Phi) is 5.26. The van der Waals surface area contributed by atoms with E-state index in [4.69, 9.17) is 0 Å². The topological polar surface area (TPSA) is 20.2 Å². The van der Waals surface area contributed by atoms with Crippen molar-refractivity contribution in [2.24, 2.45) is 11.3 Å². The van der Waals surface area contributed by atoms with E-state index in [0.717, 1.165) is 17.4 Å². The zero-order chi connectivity index (χ0) is 9.78. The summed E-state index contributed by atoms with van der Waals surface area (Å²) in [7, 11) is 0. The van der Waals surface area contributed by atoms with Gasteiger partial charge < -0.3 is 5.11 Å². The molecule has 0 aliphatic rings. The summed E-state index contributed by atoms with van der Waals surface area (Å²) in [5.41, 5.74) is 0.0317. The van der Waals surface area contributed by atoms with E-state index in [1.807, 2.05) is 11.8 Å². The molecule has 0 saturated carbocycles. The SMILES string of the molecule is CC(C)CSCC(O)C(C)(C)C. The van der Waals surface area contributed by atoms with Crippen molar-refractivity contribution in [2.45, 2.75) is 40.7 Å². The van der Waals surface area contributed by atoms with Gasteiger partial charge in [-0.3, -0.25) is 0 Å². The van der Waals surface area contributed by atoms with Gasteiger partial charge in [-0.1, -0.05) is 34.6 Å². The molecule has 1 atom stereocenters. The minimum atomic E-state index is -0.179. The lowest BCUT2D eigenvalue weighted by Gasteiger charge is -2.25. The van der Waals surface area contributed by atoms with Crippen LogP contribution in [0.3, 0.4) is 0 Å². The average Bonchev–Trinajstić information content (AvgIpc) is 1.84. The van der Waals surface area contributed by atoms with Crippen molar-refractivity contribution in [3.63, 3.8) is 0 Å². The van der Waals surface area contributed by atoms with E-state index in [1.165, 1.54) is 0 Å². The number of hydrogen-bond acceptors (Lipinski definition) is 2. The molecule has 2 heteroatoms. The van der Waals surface area contributed by atoms with Crippen LogP contribution in [0, 0.1) is 11.3 Å². The molecule has 0 bridgehead atoms. The first-order valence-electron chi connectivity index (χ1n) is 4.60. The van der Waals surface area contributed by atoms with Crippen molar-refractivity contribution in [1.29, 1.82) is 0 Å². The monoisotopic (exact) mass is 190 g/mol. The summed E-state index contributed by atoms with van der Waals surface area (Å²) >= 11 is 1.85. The fourth-order valence-corrected chi connectivity index (χ4v) is 2.00. The van der Waals surface area contributed by atoms with Crippen molar-refractivity contribution in [3.05, 3.63) is 0 Å². The molecule has 0 saturated heterocycles. The quantitative estimate of drug-likeness (QED) is 0.735. The first-order valence-corrected chi connectivity index (χ1v) is 5.75. The predicted octanol–water partition coefficient (Wildman–Crippen LogP) is 2.78. The van der Waals surface area contributed by atoms with Gasteiger partial charge in [0, 0.05) is 5.75 Å². The molecular weight excluding hydrogens is 168 g/mol. The Balaban J connectivity index is 3.51. The summed E-state index contributed by atoms with van der Waals surface area (Å²) in [5, 5.41) is 9.68. The summed E-state index contributed by atoms with van der Waals surface area (Å²) in [6.45, 7) is 10.6. The lowest BCUT2D eigenvalue weighted by molar-refractivity contribution is 0.0842. The second-order valence-corrected chi connectivity index (χ2v) is 5.89. The number of thioether (sulfide) groups is 1. The van der Waals surface area contributed by atoms with Crippen LogP contribution in [0.4, 0.5) is 0 Å². The van der Waals surface area contributed by atoms with Crippen molar-refractivity contribution < 1.29 is 5.11 Å². The Bertz CT molecular complexity index is 115. The molecule has 1 nitrogen and oxygen atoms in total. The fraction of sp³-hybridized carbons (Fsp3) is 1.00. The van der Waals surface area contributed by atoms with Crippen LogP contribution in [0.2, 0.25) is 0 Å². The molecule has 0 fully saturated rings. The molecule has 0 aromatic carbocycles. The first kappa shape index (κ1) is 12.3. The molecule has 0 spiro atoms. The van der Waals surface area contributed by atoms with Gasteiger partial charge in [-0.05, 0) is 17.1 Å². The third-order valence-electron chi connectivity index (χ3n) is 1.73. The van der Waals surface area contributed by atoms with Gasteiger partial charge in [0.25, 0.3) is 0 Å². The highest BCUT2D eigenvalue weighted by atomic mass is 32.2. The second-order valence-electron chi connectivity index (χ2n) is 4.81. The maximum Gasteiger partial charge on any atom is 0.0678 e. The molecule has 0 amide bonds. The van der Waals surface area contributed by atoms with Gasteiger partial charge in [-0.25, -0.2) is 0 Å². The molecule has 1 unspecified atom stereocenters. The van der Waals surface area contributed by atoms with Crippen molar-refractivity contribution >= 4 is 11.8 Å². The number of aliphatic hydroxyl groups excluding tert-OH is 1. The second kappa shape index (κ2) is 5.13. The van der Waals surface area contributed by atoms with E-state index >= 15 is 0 Å². The standard InChI is InChI=1S/C10H22OS/c1-8(2)6-12-7-9(11)10(3,4)5/h8-9,11H,6-7H2,1-5H3. The Morgan fingerprint density at radius 1 is 1.17 bits per heavy atom. The van der Waals surface area contributed by atoms with Crippen LogP contribution in [-0.4, -0.2) is 22.7 Å². The number of aliphatic hydroxyl groups is 1. The molecule has 74 valence electrons. The van der Waals surface area contributed by atoms with Crippen molar-refractivity contribution in [1.82, 2.24) is 0 Å². The van der Waals surface area contributed by atoms with E-state index in [1.54, 1.807) is 0 Å². The number of hydrogen-bond donors (Lipinski definition) is 1. The molecular formula is C10H22OS. The number of rotatable bonds is 4. The van der Waals surface area contributed by atoms with Gasteiger partial charge in [-0.15, -0.1) is 0 Å². The highest BCUT2D eigenvalue weighted by Crippen LogP contribution is 2.22. The van der Waals surface area contributed by atoms with Gasteiger partial charge >= 0.3 is 0 Å². The lowest BCUT2D eigenvalue weighted by Crippen LogP contribution is -2.28. The zero-order valence-corrected chi connectivity index (χ0v) is 9.74. The summed E-state index contributed by atoms with van der Waals surface area (Å²) < 4.78 is 0. The van der Waals surface area contributed by atoms with E-state index in [9.17, 15) is 5.11 Å². The van der Waals surface area contributed by atoms with Gasteiger partial charge in [-0.2, -0.15) is 11.8 Å². The van der Waals surface area contributed by atoms with Crippen LogP contribution in [-0.2, 0) is 0 Å². The van der Waals surface area contributed by atoms with Gasteiger partial charge in [0.2, 0.25) is 0 Å². The first-order chi connectivity index (χ1) is 5.34. The zero-order valence-electron chi connectivity index (χ0n) is 8.92. The van der Waals surface area contributed by atoms with Crippen LogP contribution < -0.4 is 0 Å². The fourth-order valence-electron chi connectivity index (χ4n) is 0.665. The lowest BCUT2D eigenvalue weighted by atomic mass is 9.90. The average molecular weight is 190 g/mol. The van der Waals surface area contributed by atoms with Crippen molar-refractivity contribution in [2.75, 3.05) is 11.5 Å².